The number of hydrogen-bond donors (Lipinski definition) is 6. The molecule has 408 valence electrons. The zero-order valence-electron chi connectivity index (χ0n) is 43.8. The Morgan fingerprint density at radius 2 is 0.653 bits per heavy atom. The fraction of sp³-hybridized carbons (Fsp3) is 0.467. The van der Waals surface area contributed by atoms with E-state index in [1.807, 2.05) is 114 Å². The largest absolute Gasteiger partial charge is 1.00 e. The van der Waals surface area contributed by atoms with Gasteiger partial charge in [-0.15, -0.1) is 0 Å². The van der Waals surface area contributed by atoms with Gasteiger partial charge in [0.25, 0.3) is 0 Å². The van der Waals surface area contributed by atoms with Crippen LogP contribution in [0.5, 0.6) is 17.2 Å². The van der Waals surface area contributed by atoms with Crippen LogP contribution in [0.25, 0.3) is 0 Å². The molecule has 0 aliphatic rings. The Morgan fingerprint density at radius 1 is 0.453 bits per heavy atom. The second-order valence-corrected chi connectivity index (χ2v) is 27.8. The van der Waals surface area contributed by atoms with Crippen molar-refractivity contribution in [2.45, 2.75) is 114 Å². The van der Waals surface area contributed by atoms with Crippen molar-refractivity contribution >= 4 is 53.1 Å². The van der Waals surface area contributed by atoms with E-state index in [9.17, 15) is 52.6 Å². The smallest absolute Gasteiger partial charge is 0.747 e. The van der Waals surface area contributed by atoms with Crippen molar-refractivity contribution in [2.75, 3.05) is 19.8 Å². The maximum atomic E-state index is 11.1. The standard InChI is InChI=1S/3C15H23O7PS.3K/c3*1-12(11-22-14-9-5-4-8-13(14)2)7-3-6-10-15(23(16,17)18)24(19,20)21;;;/h3*4-5,7-9,15H,3,6,10-11H2,1-2H3,(H2,16,17,18)(H,19,20,21);;;/q;;;3*+1/p-3/b3*12-7+;;;. The van der Waals surface area contributed by atoms with Crippen molar-refractivity contribution in [1.82, 2.24) is 0 Å². The predicted molar refractivity (Wildman–Crippen MR) is 269 cm³/mol. The van der Waals surface area contributed by atoms with Crippen LogP contribution in [0.1, 0.15) is 95.2 Å². The van der Waals surface area contributed by atoms with Crippen LogP contribution in [0, 0.1) is 20.8 Å². The molecule has 0 bridgehead atoms. The summed E-state index contributed by atoms with van der Waals surface area (Å²) in [6.45, 7) is 12.4. The van der Waals surface area contributed by atoms with Crippen LogP contribution in [0.3, 0.4) is 0 Å². The maximum absolute atomic E-state index is 11.1. The van der Waals surface area contributed by atoms with Gasteiger partial charge in [-0.1, -0.05) is 72.8 Å². The molecule has 0 aliphatic heterocycles. The summed E-state index contributed by atoms with van der Waals surface area (Å²) in [5.41, 5.74) is 5.73. The summed E-state index contributed by atoms with van der Waals surface area (Å²) in [7, 11) is -30.0. The second-order valence-electron chi connectivity index (χ2n) is 16.7. The molecule has 0 saturated heterocycles. The fourth-order valence-electron chi connectivity index (χ4n) is 6.27. The molecule has 0 fully saturated rings. The SMILES string of the molecule is C/C(=C\CCCC(P(=O)(O)O)S(=O)(=O)[O-])COc1ccccc1C.C/C(=C\CCCC(P(=O)(O)O)S(=O)(=O)[O-])COc1ccccc1C.C/C(=C\CCCC(P(=O)(O)O)S(=O)(=O)[O-])COc1ccccc1C.[K+].[K+].[K+]. The molecule has 3 rings (SSSR count). The van der Waals surface area contributed by atoms with E-state index in [0.717, 1.165) is 50.7 Å². The van der Waals surface area contributed by atoms with E-state index in [4.69, 9.17) is 43.6 Å². The van der Waals surface area contributed by atoms with E-state index < -0.39 is 68.1 Å². The van der Waals surface area contributed by atoms with Crippen LogP contribution in [0.2, 0.25) is 0 Å². The Labute approximate surface area is 569 Å². The molecule has 0 radical (unpaired) electrons. The average Bonchev–Trinajstić information content (AvgIpc) is 3.23. The zero-order valence-corrected chi connectivity index (χ0v) is 58.3. The normalized spacial score (nSPS) is 13.9. The van der Waals surface area contributed by atoms with Gasteiger partial charge in [-0.05, 0) is 151 Å². The number of hydrogen-bond acceptors (Lipinski definition) is 15. The zero-order chi connectivity index (χ0) is 55.1. The van der Waals surface area contributed by atoms with Gasteiger partial charge >= 0.3 is 177 Å². The summed E-state index contributed by atoms with van der Waals surface area (Å²) >= 11 is 0. The molecule has 0 heterocycles. The summed E-state index contributed by atoms with van der Waals surface area (Å²) in [5.74, 6) is 2.30. The van der Waals surface area contributed by atoms with E-state index in [0.29, 0.717) is 39.1 Å². The molecule has 75 heavy (non-hydrogen) atoms. The molecule has 3 aromatic carbocycles. The van der Waals surface area contributed by atoms with E-state index in [1.54, 1.807) is 18.2 Å². The topological polar surface area (TPSA) is 372 Å². The molecule has 0 amide bonds. The number of rotatable bonds is 27. The van der Waals surface area contributed by atoms with Crippen molar-refractivity contribution < 1.29 is 250 Å². The van der Waals surface area contributed by atoms with E-state index >= 15 is 0 Å². The summed E-state index contributed by atoms with van der Waals surface area (Å²) in [5, 5.41) is 0. The van der Waals surface area contributed by atoms with Crippen molar-refractivity contribution in [1.29, 1.82) is 0 Å². The van der Waals surface area contributed by atoms with Crippen molar-refractivity contribution in [3.63, 3.8) is 0 Å². The quantitative estimate of drug-likeness (QED) is 0.0169. The number of para-hydroxylation sites is 3. The van der Waals surface area contributed by atoms with E-state index in [2.05, 4.69) is 0 Å². The second kappa shape index (κ2) is 39.0. The molecule has 0 saturated carbocycles. The number of benzene rings is 3. The van der Waals surface area contributed by atoms with Gasteiger partial charge in [0.15, 0.2) is 15.0 Å². The van der Waals surface area contributed by atoms with Crippen molar-refractivity contribution in [3.8, 4) is 17.2 Å². The molecule has 30 heteroatoms. The third-order valence-electron chi connectivity index (χ3n) is 10.2. The summed E-state index contributed by atoms with van der Waals surface area (Å²) < 4.78 is 148. The first-order valence-electron chi connectivity index (χ1n) is 22.1. The number of allylic oxidation sites excluding steroid dienone is 3. The van der Waals surface area contributed by atoms with Gasteiger partial charge in [0.05, 0.1) is 0 Å². The van der Waals surface area contributed by atoms with Gasteiger partial charge in [0.2, 0.25) is 0 Å². The average molecular weight is 1250 g/mol. The minimum Gasteiger partial charge on any atom is -0.747 e. The Hall–Kier alpha value is 1.37. The summed E-state index contributed by atoms with van der Waals surface area (Å²) in [6.07, 6.45) is 6.00. The maximum Gasteiger partial charge on any atom is 1.00 e. The molecule has 0 aromatic heterocycles. The molecule has 3 aromatic rings. The Morgan fingerprint density at radius 3 is 0.827 bits per heavy atom. The third kappa shape index (κ3) is 35.9. The van der Waals surface area contributed by atoms with Crippen LogP contribution >= 0.6 is 22.8 Å². The predicted octanol–water partition coefficient (Wildman–Crippen LogP) is -1.37. The summed E-state index contributed by atoms with van der Waals surface area (Å²) in [4.78, 5) is 47.2. The van der Waals surface area contributed by atoms with E-state index in [1.165, 1.54) is 0 Å². The van der Waals surface area contributed by atoms with Gasteiger partial charge in [-0.3, -0.25) is 13.7 Å². The number of unbranched alkanes of at least 4 members (excludes halogenated alkanes) is 3. The van der Waals surface area contributed by atoms with Crippen LogP contribution in [0.15, 0.2) is 108 Å². The van der Waals surface area contributed by atoms with Gasteiger partial charge in [-0.25, -0.2) is 25.3 Å². The Kier molecular flexibility index (Phi) is 41.9. The number of ether oxygens (including phenoxy) is 3. The Bertz CT molecular complexity index is 2480. The summed E-state index contributed by atoms with van der Waals surface area (Å²) in [6, 6.07) is 22.7. The first kappa shape index (κ1) is 80.6. The molecule has 6 N–H and O–H groups in total. The number of aryl methyl sites for hydroxylation is 3. The molecule has 0 aliphatic carbocycles. The van der Waals surface area contributed by atoms with Crippen LogP contribution < -0.4 is 168 Å². The van der Waals surface area contributed by atoms with Gasteiger partial charge in [0.1, 0.15) is 67.4 Å². The van der Waals surface area contributed by atoms with Crippen LogP contribution in [-0.2, 0) is 44.0 Å². The first-order chi connectivity index (χ1) is 33.0. The van der Waals surface area contributed by atoms with Gasteiger partial charge in [-0.2, -0.15) is 0 Å². The minimum atomic E-state index is -5.03. The molecule has 0 spiro atoms. The van der Waals surface area contributed by atoms with Gasteiger partial charge < -0.3 is 57.2 Å². The molecule has 21 nitrogen and oxygen atoms in total. The van der Waals surface area contributed by atoms with Gasteiger partial charge in [0, 0.05) is 0 Å². The third-order valence-corrected chi connectivity index (χ3v) is 20.7. The monoisotopic (exact) mass is 1250 g/mol. The molecular weight excluding hydrogens is 1180 g/mol. The van der Waals surface area contributed by atoms with Crippen molar-refractivity contribution in [2.24, 2.45) is 0 Å². The molecule has 3 unspecified atom stereocenters. The molecule has 3 atom stereocenters. The minimum absolute atomic E-state index is 0. The Balaban J connectivity index is -0.00000102. The van der Waals surface area contributed by atoms with E-state index in [-0.39, 0.29) is 193 Å². The fourth-order valence-corrected chi connectivity index (χ4v) is 13.2. The van der Waals surface area contributed by atoms with Crippen LogP contribution in [-0.4, -0.2) is 103 Å². The van der Waals surface area contributed by atoms with Crippen LogP contribution in [0.4, 0.5) is 0 Å². The first-order valence-corrected chi connectivity index (χ1v) is 31.5. The molecular formula is C45H66K3O21P3S3. The van der Waals surface area contributed by atoms with Crippen molar-refractivity contribution in [3.05, 3.63) is 124 Å².